The SMILES string of the molecule is Fc1ccc(-c2nnc3ccc(NC4[C@H]5COC[C@@H]45)nn23)cc1. The molecule has 6 nitrogen and oxygen atoms in total. The van der Waals surface area contributed by atoms with E-state index in [1.807, 2.05) is 12.1 Å². The van der Waals surface area contributed by atoms with Crippen LogP contribution in [0, 0.1) is 17.7 Å². The number of anilines is 1. The summed E-state index contributed by atoms with van der Waals surface area (Å²) in [6, 6.07) is 10.4. The molecule has 7 heteroatoms. The molecule has 3 heterocycles. The van der Waals surface area contributed by atoms with Gasteiger partial charge in [-0.05, 0) is 36.4 Å². The van der Waals surface area contributed by atoms with Crippen LogP contribution in [0.5, 0.6) is 0 Å². The number of hydrogen-bond acceptors (Lipinski definition) is 5. The summed E-state index contributed by atoms with van der Waals surface area (Å²) in [5, 5.41) is 16.3. The zero-order chi connectivity index (χ0) is 15.4. The van der Waals surface area contributed by atoms with Crippen LogP contribution in [-0.2, 0) is 4.74 Å². The molecule has 3 atom stereocenters. The second kappa shape index (κ2) is 4.73. The Labute approximate surface area is 131 Å². The van der Waals surface area contributed by atoms with E-state index in [1.165, 1.54) is 12.1 Å². The van der Waals surface area contributed by atoms with Gasteiger partial charge in [0.1, 0.15) is 11.6 Å². The number of benzene rings is 1. The number of ether oxygens (including phenoxy) is 1. The van der Waals surface area contributed by atoms with Gasteiger partial charge in [0.2, 0.25) is 0 Å². The molecule has 1 aromatic carbocycles. The molecule has 2 aliphatic rings. The van der Waals surface area contributed by atoms with Crippen molar-refractivity contribution in [2.75, 3.05) is 18.5 Å². The van der Waals surface area contributed by atoms with Crippen molar-refractivity contribution in [1.82, 2.24) is 19.8 Å². The average Bonchev–Trinajstić information content (AvgIpc) is 2.97. The molecule has 116 valence electrons. The molecule has 0 radical (unpaired) electrons. The van der Waals surface area contributed by atoms with Crippen LogP contribution in [-0.4, -0.2) is 39.1 Å². The monoisotopic (exact) mass is 311 g/mol. The van der Waals surface area contributed by atoms with Crippen molar-refractivity contribution in [3.05, 3.63) is 42.2 Å². The highest BCUT2D eigenvalue weighted by Gasteiger charge is 2.54. The van der Waals surface area contributed by atoms with E-state index in [-0.39, 0.29) is 5.82 Å². The summed E-state index contributed by atoms with van der Waals surface area (Å²) >= 11 is 0. The first kappa shape index (κ1) is 13.0. The maximum absolute atomic E-state index is 13.1. The van der Waals surface area contributed by atoms with Gasteiger partial charge in [-0.3, -0.25) is 0 Å². The maximum atomic E-state index is 13.1. The lowest BCUT2D eigenvalue weighted by Crippen LogP contribution is -2.14. The fourth-order valence-electron chi connectivity index (χ4n) is 3.27. The Morgan fingerprint density at radius 2 is 1.83 bits per heavy atom. The molecule has 0 bridgehead atoms. The number of hydrogen-bond donors (Lipinski definition) is 1. The van der Waals surface area contributed by atoms with E-state index in [1.54, 1.807) is 16.6 Å². The predicted octanol–water partition coefficient (Wildman–Crippen LogP) is 1.99. The summed E-state index contributed by atoms with van der Waals surface area (Å²) in [6.45, 7) is 1.66. The third-order valence-electron chi connectivity index (χ3n) is 4.63. The molecule has 2 fully saturated rings. The molecule has 1 unspecified atom stereocenters. The predicted molar refractivity (Wildman–Crippen MR) is 81.4 cm³/mol. The third-order valence-corrected chi connectivity index (χ3v) is 4.63. The zero-order valence-electron chi connectivity index (χ0n) is 12.2. The first-order chi connectivity index (χ1) is 11.3. The lowest BCUT2D eigenvalue weighted by Gasteiger charge is -2.08. The van der Waals surface area contributed by atoms with E-state index in [4.69, 9.17) is 4.74 Å². The van der Waals surface area contributed by atoms with E-state index < -0.39 is 0 Å². The lowest BCUT2D eigenvalue weighted by molar-refractivity contribution is 0.162. The number of halogens is 1. The molecular weight excluding hydrogens is 297 g/mol. The Balaban J connectivity index is 1.49. The molecule has 3 aromatic rings. The van der Waals surface area contributed by atoms with Gasteiger partial charge in [0.05, 0.1) is 13.2 Å². The molecular formula is C16H14FN5O. The van der Waals surface area contributed by atoms with Crippen LogP contribution >= 0.6 is 0 Å². The van der Waals surface area contributed by atoms with Gasteiger partial charge in [0.25, 0.3) is 0 Å². The van der Waals surface area contributed by atoms with Crippen LogP contribution in [0.15, 0.2) is 36.4 Å². The molecule has 5 rings (SSSR count). The summed E-state index contributed by atoms with van der Waals surface area (Å²) in [7, 11) is 0. The first-order valence-electron chi connectivity index (χ1n) is 7.62. The Hall–Kier alpha value is -2.54. The van der Waals surface area contributed by atoms with Gasteiger partial charge in [-0.2, -0.15) is 4.52 Å². The van der Waals surface area contributed by atoms with Crippen molar-refractivity contribution in [3.63, 3.8) is 0 Å². The van der Waals surface area contributed by atoms with E-state index >= 15 is 0 Å². The smallest absolute Gasteiger partial charge is 0.185 e. The summed E-state index contributed by atoms with van der Waals surface area (Å²) in [5.41, 5.74) is 1.44. The fourth-order valence-corrected chi connectivity index (χ4v) is 3.27. The van der Waals surface area contributed by atoms with Gasteiger partial charge in [0.15, 0.2) is 11.5 Å². The quantitative estimate of drug-likeness (QED) is 0.801. The van der Waals surface area contributed by atoms with Crippen LogP contribution in [0.4, 0.5) is 10.2 Å². The van der Waals surface area contributed by atoms with Crippen LogP contribution in [0.25, 0.3) is 17.0 Å². The van der Waals surface area contributed by atoms with Gasteiger partial charge in [-0.15, -0.1) is 15.3 Å². The van der Waals surface area contributed by atoms with Gasteiger partial charge in [0, 0.05) is 23.4 Å². The van der Waals surface area contributed by atoms with Gasteiger partial charge in [-0.1, -0.05) is 0 Å². The van der Waals surface area contributed by atoms with E-state index in [0.29, 0.717) is 29.3 Å². The summed E-state index contributed by atoms with van der Waals surface area (Å²) in [5.74, 6) is 2.32. The standard InChI is InChI=1S/C16H14FN5O/c17-10-3-1-9(2-4-10)16-20-19-14-6-5-13(21-22(14)16)18-15-11-7-23-8-12(11)15/h1-6,11-12,15H,7-8H2,(H,18,21)/t11-,12+,15?. The number of nitrogens with zero attached hydrogens (tertiary/aromatic N) is 4. The third kappa shape index (κ3) is 2.08. The minimum atomic E-state index is -0.277. The van der Waals surface area contributed by atoms with Crippen molar-refractivity contribution in [2.24, 2.45) is 11.8 Å². The van der Waals surface area contributed by atoms with Gasteiger partial charge < -0.3 is 10.1 Å². The molecule has 1 N–H and O–H groups in total. The van der Waals surface area contributed by atoms with Gasteiger partial charge in [-0.25, -0.2) is 4.39 Å². The summed E-state index contributed by atoms with van der Waals surface area (Å²) in [6.07, 6.45) is 0. The highest BCUT2D eigenvalue weighted by molar-refractivity contribution is 5.59. The highest BCUT2D eigenvalue weighted by atomic mass is 19.1. The fraction of sp³-hybridized carbons (Fsp3) is 0.312. The zero-order valence-corrected chi connectivity index (χ0v) is 12.2. The number of nitrogens with one attached hydrogen (secondary N) is 1. The molecule has 23 heavy (non-hydrogen) atoms. The number of rotatable bonds is 3. The Bertz CT molecular complexity index is 868. The lowest BCUT2D eigenvalue weighted by atomic mass is 10.2. The molecule has 0 amide bonds. The van der Waals surface area contributed by atoms with Crippen molar-refractivity contribution >= 4 is 11.5 Å². The molecule has 0 spiro atoms. The minimum absolute atomic E-state index is 0.277. The van der Waals surface area contributed by atoms with Crippen molar-refractivity contribution < 1.29 is 9.13 Å². The van der Waals surface area contributed by atoms with Crippen LogP contribution in [0.3, 0.4) is 0 Å². The maximum Gasteiger partial charge on any atom is 0.185 e. The summed E-state index contributed by atoms with van der Waals surface area (Å²) < 4.78 is 20.2. The molecule has 1 saturated heterocycles. The minimum Gasteiger partial charge on any atom is -0.381 e. The second-order valence-corrected chi connectivity index (χ2v) is 6.05. The number of fused-ring (bicyclic) bond motifs is 2. The molecule has 2 aromatic heterocycles. The van der Waals surface area contributed by atoms with Crippen molar-refractivity contribution in [2.45, 2.75) is 6.04 Å². The number of aromatic nitrogens is 4. The van der Waals surface area contributed by atoms with Crippen LogP contribution < -0.4 is 5.32 Å². The summed E-state index contributed by atoms with van der Waals surface area (Å²) in [4.78, 5) is 0. The van der Waals surface area contributed by atoms with Crippen molar-refractivity contribution in [3.8, 4) is 11.4 Å². The first-order valence-corrected chi connectivity index (χ1v) is 7.62. The van der Waals surface area contributed by atoms with Gasteiger partial charge >= 0.3 is 0 Å². The average molecular weight is 311 g/mol. The largest absolute Gasteiger partial charge is 0.381 e. The van der Waals surface area contributed by atoms with E-state index in [2.05, 4.69) is 20.6 Å². The topological polar surface area (TPSA) is 64.3 Å². The highest BCUT2D eigenvalue weighted by Crippen LogP contribution is 2.45. The Kier molecular flexibility index (Phi) is 2.66. The molecule has 1 saturated carbocycles. The molecule has 1 aliphatic carbocycles. The Morgan fingerprint density at radius 3 is 2.61 bits per heavy atom. The van der Waals surface area contributed by atoms with E-state index in [9.17, 15) is 4.39 Å². The van der Waals surface area contributed by atoms with Crippen molar-refractivity contribution in [1.29, 1.82) is 0 Å². The normalized spacial score (nSPS) is 25.5. The van der Waals surface area contributed by atoms with E-state index in [0.717, 1.165) is 24.6 Å². The molecule has 1 aliphatic heterocycles. The van der Waals surface area contributed by atoms with Crippen LogP contribution in [0.1, 0.15) is 0 Å². The second-order valence-electron chi connectivity index (χ2n) is 6.05. The Morgan fingerprint density at radius 1 is 1.04 bits per heavy atom. The van der Waals surface area contributed by atoms with Crippen LogP contribution in [0.2, 0.25) is 0 Å².